The van der Waals surface area contributed by atoms with Gasteiger partial charge in [0.1, 0.15) is 0 Å². The summed E-state index contributed by atoms with van der Waals surface area (Å²) in [6, 6.07) is 18.7. The molecule has 3 aromatic rings. The van der Waals surface area contributed by atoms with Crippen LogP contribution in [0.3, 0.4) is 0 Å². The maximum Gasteiger partial charge on any atom is 0.224 e. The van der Waals surface area contributed by atoms with Gasteiger partial charge in [0.25, 0.3) is 0 Å². The lowest BCUT2D eigenvalue weighted by atomic mass is 10.1. The van der Waals surface area contributed by atoms with Gasteiger partial charge in [-0.25, -0.2) is 0 Å². The second-order valence-corrected chi connectivity index (χ2v) is 7.05. The number of hydrogen-bond donors (Lipinski definition) is 2. The Balaban J connectivity index is 1.20. The number of rotatable bonds is 6. The van der Waals surface area contributed by atoms with Crippen LogP contribution >= 0.6 is 0 Å². The van der Waals surface area contributed by atoms with Gasteiger partial charge in [-0.15, -0.1) is 0 Å². The second kappa shape index (κ2) is 8.27. The molecule has 1 aliphatic rings. The molecule has 1 aliphatic heterocycles. The fraction of sp³-hybridized carbons (Fsp3) is 0.318. The average molecular weight is 362 g/mol. The fourth-order valence-electron chi connectivity index (χ4n) is 3.74. The Bertz CT molecular complexity index is 881. The zero-order valence-electron chi connectivity index (χ0n) is 15.5. The summed E-state index contributed by atoms with van der Waals surface area (Å²) >= 11 is 0. The van der Waals surface area contributed by atoms with Crippen LogP contribution in [-0.2, 0) is 11.2 Å². The Hall–Kier alpha value is -2.79. The van der Waals surface area contributed by atoms with Crippen LogP contribution in [0, 0.1) is 0 Å². The molecule has 0 aliphatic carbocycles. The number of para-hydroxylation sites is 2. The highest BCUT2D eigenvalue weighted by molar-refractivity contribution is 5.88. The predicted octanol–water partition coefficient (Wildman–Crippen LogP) is 2.65. The maximum absolute atomic E-state index is 12.3. The van der Waals surface area contributed by atoms with Crippen molar-refractivity contribution in [3.05, 3.63) is 66.4 Å². The number of fused-ring (bicyclic) bond motifs is 1. The number of piperazine rings is 1. The van der Waals surface area contributed by atoms with E-state index in [9.17, 15) is 4.79 Å². The number of aromatic nitrogens is 1. The van der Waals surface area contributed by atoms with Gasteiger partial charge in [-0.1, -0.05) is 36.4 Å². The number of carbonyl (C=O) groups is 1. The molecule has 0 saturated carbocycles. The maximum atomic E-state index is 12.3. The van der Waals surface area contributed by atoms with Gasteiger partial charge < -0.3 is 15.2 Å². The molecule has 1 aromatic heterocycles. The molecule has 140 valence electrons. The number of H-pyrrole nitrogens is 1. The van der Waals surface area contributed by atoms with Crippen molar-refractivity contribution < 1.29 is 4.79 Å². The third-order valence-corrected chi connectivity index (χ3v) is 5.27. The summed E-state index contributed by atoms with van der Waals surface area (Å²) in [5.74, 6) is 0.0858. The van der Waals surface area contributed by atoms with Gasteiger partial charge in [0, 0.05) is 62.1 Å². The van der Waals surface area contributed by atoms with Crippen LogP contribution in [0.5, 0.6) is 0 Å². The third-order valence-electron chi connectivity index (χ3n) is 5.27. The van der Waals surface area contributed by atoms with E-state index in [1.807, 2.05) is 24.4 Å². The van der Waals surface area contributed by atoms with Crippen molar-refractivity contribution in [2.24, 2.45) is 0 Å². The summed E-state index contributed by atoms with van der Waals surface area (Å²) < 4.78 is 0. The van der Waals surface area contributed by atoms with Crippen LogP contribution in [0.2, 0.25) is 0 Å². The van der Waals surface area contributed by atoms with Gasteiger partial charge in [-0.05, 0) is 23.8 Å². The van der Waals surface area contributed by atoms with Gasteiger partial charge >= 0.3 is 0 Å². The van der Waals surface area contributed by atoms with E-state index in [1.165, 1.54) is 5.69 Å². The molecule has 1 fully saturated rings. The van der Waals surface area contributed by atoms with Crippen LogP contribution in [0.25, 0.3) is 10.9 Å². The lowest BCUT2D eigenvalue weighted by Gasteiger charge is -2.36. The first-order valence-corrected chi connectivity index (χ1v) is 9.63. The van der Waals surface area contributed by atoms with Gasteiger partial charge in [0.2, 0.25) is 5.91 Å². The molecule has 1 saturated heterocycles. The number of hydrogen-bond acceptors (Lipinski definition) is 3. The topological polar surface area (TPSA) is 51.4 Å². The van der Waals surface area contributed by atoms with E-state index < -0.39 is 0 Å². The van der Waals surface area contributed by atoms with E-state index in [1.54, 1.807) is 0 Å². The summed E-state index contributed by atoms with van der Waals surface area (Å²) in [4.78, 5) is 20.4. The molecule has 27 heavy (non-hydrogen) atoms. The molecule has 2 heterocycles. The molecule has 5 nitrogen and oxygen atoms in total. The molecular weight excluding hydrogens is 336 g/mol. The van der Waals surface area contributed by atoms with Gasteiger partial charge in [0.05, 0.1) is 6.42 Å². The highest BCUT2D eigenvalue weighted by Crippen LogP contribution is 2.18. The molecule has 0 spiro atoms. The SMILES string of the molecule is O=C(Cc1c[nH]c2ccccc12)NCCN1CCN(c2ccccc2)CC1. The molecule has 4 rings (SSSR count). The molecule has 0 atom stereocenters. The molecule has 1 amide bonds. The van der Waals surface area contributed by atoms with Crippen molar-refractivity contribution >= 4 is 22.5 Å². The van der Waals surface area contributed by atoms with Crippen molar-refractivity contribution in [1.29, 1.82) is 0 Å². The van der Waals surface area contributed by atoms with Crippen molar-refractivity contribution in [3.8, 4) is 0 Å². The first-order chi connectivity index (χ1) is 13.3. The third kappa shape index (κ3) is 4.31. The molecule has 0 bridgehead atoms. The van der Waals surface area contributed by atoms with Crippen LogP contribution in [0.1, 0.15) is 5.56 Å². The standard InChI is InChI=1S/C22H26N4O/c27-22(16-18-17-24-21-9-5-4-8-20(18)21)23-10-11-25-12-14-26(15-13-25)19-6-2-1-3-7-19/h1-9,17,24H,10-16H2,(H,23,27). The molecule has 5 heteroatoms. The minimum Gasteiger partial charge on any atom is -0.369 e. The number of carbonyl (C=O) groups excluding carboxylic acids is 1. The van der Waals surface area contributed by atoms with Gasteiger partial charge in [-0.3, -0.25) is 9.69 Å². The Kier molecular flexibility index (Phi) is 5.39. The second-order valence-electron chi connectivity index (χ2n) is 7.05. The monoisotopic (exact) mass is 362 g/mol. The molecular formula is C22H26N4O. The predicted molar refractivity (Wildman–Crippen MR) is 110 cm³/mol. The average Bonchev–Trinajstić information content (AvgIpc) is 3.12. The normalized spacial score (nSPS) is 15.2. The van der Waals surface area contributed by atoms with E-state index >= 15 is 0 Å². The quantitative estimate of drug-likeness (QED) is 0.709. The van der Waals surface area contributed by atoms with E-state index in [2.05, 4.69) is 56.5 Å². The zero-order valence-corrected chi connectivity index (χ0v) is 15.5. The lowest BCUT2D eigenvalue weighted by Crippen LogP contribution is -2.48. The summed E-state index contributed by atoms with van der Waals surface area (Å²) in [5, 5.41) is 4.20. The molecule has 0 unspecified atom stereocenters. The fourth-order valence-corrected chi connectivity index (χ4v) is 3.74. The van der Waals surface area contributed by atoms with Crippen molar-refractivity contribution in [1.82, 2.24) is 15.2 Å². The first-order valence-electron chi connectivity index (χ1n) is 9.63. The van der Waals surface area contributed by atoms with Gasteiger partial charge in [0.15, 0.2) is 0 Å². The van der Waals surface area contributed by atoms with E-state index in [0.717, 1.165) is 49.2 Å². The van der Waals surface area contributed by atoms with Crippen LogP contribution in [0.4, 0.5) is 5.69 Å². The number of benzene rings is 2. The van der Waals surface area contributed by atoms with E-state index in [-0.39, 0.29) is 5.91 Å². The number of nitrogens with one attached hydrogen (secondary N) is 2. The van der Waals surface area contributed by atoms with Crippen LogP contribution in [-0.4, -0.2) is 55.1 Å². The zero-order chi connectivity index (χ0) is 18.5. The summed E-state index contributed by atoms with van der Waals surface area (Å²) in [7, 11) is 0. The number of nitrogens with zero attached hydrogens (tertiary/aromatic N) is 2. The first kappa shape index (κ1) is 17.6. The molecule has 2 aromatic carbocycles. The van der Waals surface area contributed by atoms with E-state index in [4.69, 9.17) is 0 Å². The Morgan fingerprint density at radius 2 is 1.70 bits per heavy atom. The smallest absolute Gasteiger partial charge is 0.224 e. The highest BCUT2D eigenvalue weighted by atomic mass is 16.1. The number of amides is 1. The van der Waals surface area contributed by atoms with Crippen LogP contribution < -0.4 is 10.2 Å². The van der Waals surface area contributed by atoms with Crippen LogP contribution in [0.15, 0.2) is 60.8 Å². The lowest BCUT2D eigenvalue weighted by molar-refractivity contribution is -0.120. The molecule has 2 N–H and O–H groups in total. The largest absolute Gasteiger partial charge is 0.369 e. The Morgan fingerprint density at radius 3 is 2.52 bits per heavy atom. The number of aromatic amines is 1. The summed E-state index contributed by atoms with van der Waals surface area (Å²) in [6.45, 7) is 5.75. The van der Waals surface area contributed by atoms with Crippen molar-refractivity contribution in [2.75, 3.05) is 44.2 Å². The summed E-state index contributed by atoms with van der Waals surface area (Å²) in [5.41, 5.74) is 3.43. The van der Waals surface area contributed by atoms with E-state index in [0.29, 0.717) is 13.0 Å². The summed E-state index contributed by atoms with van der Waals surface area (Å²) in [6.07, 6.45) is 2.36. The van der Waals surface area contributed by atoms with Crippen molar-refractivity contribution in [2.45, 2.75) is 6.42 Å². The minimum absolute atomic E-state index is 0.0858. The Labute approximate surface area is 160 Å². The highest BCUT2D eigenvalue weighted by Gasteiger charge is 2.17. The molecule has 0 radical (unpaired) electrons. The van der Waals surface area contributed by atoms with Gasteiger partial charge in [-0.2, -0.15) is 0 Å². The Morgan fingerprint density at radius 1 is 0.963 bits per heavy atom. The number of anilines is 1. The van der Waals surface area contributed by atoms with Crippen molar-refractivity contribution in [3.63, 3.8) is 0 Å². The minimum atomic E-state index is 0.0858.